The largest absolute Gasteiger partial charge is 0.392 e. The van der Waals surface area contributed by atoms with E-state index in [1.165, 1.54) is 0 Å². The van der Waals surface area contributed by atoms with Crippen LogP contribution in [0.2, 0.25) is 0 Å². The molecule has 0 amide bonds. The summed E-state index contributed by atoms with van der Waals surface area (Å²) in [6.07, 6.45) is 1.72. The fourth-order valence-corrected chi connectivity index (χ4v) is 3.84. The van der Waals surface area contributed by atoms with Gasteiger partial charge in [-0.15, -0.1) is 0 Å². The summed E-state index contributed by atoms with van der Waals surface area (Å²) in [5, 5.41) is 8.96. The Morgan fingerprint density at radius 1 is 1.20 bits per heavy atom. The number of rotatable bonds is 5. The van der Waals surface area contributed by atoms with Crippen LogP contribution in [0.15, 0.2) is 24.3 Å². The molecule has 0 aromatic heterocycles. The van der Waals surface area contributed by atoms with Crippen LogP contribution in [0.4, 0.5) is 0 Å². The van der Waals surface area contributed by atoms with Gasteiger partial charge in [-0.05, 0) is 44.1 Å². The molecule has 1 saturated heterocycles. The van der Waals surface area contributed by atoms with Gasteiger partial charge < -0.3 is 10.0 Å². The Morgan fingerprint density at radius 2 is 1.75 bits per heavy atom. The lowest BCUT2D eigenvalue weighted by Crippen LogP contribution is -2.43. The first-order valence-electron chi connectivity index (χ1n) is 6.86. The number of nitrogens with one attached hydrogen (secondary N) is 1. The number of hydrogen-bond acceptors (Lipinski definition) is 4. The van der Waals surface area contributed by atoms with E-state index in [1.807, 2.05) is 7.05 Å². The number of benzene rings is 1. The fourth-order valence-electron chi connectivity index (χ4n) is 2.38. The molecular formula is C14H22N2O3S. The summed E-state index contributed by atoms with van der Waals surface area (Å²) in [7, 11) is -1.25. The predicted molar refractivity (Wildman–Crippen MR) is 78.6 cm³/mol. The summed E-state index contributed by atoms with van der Waals surface area (Å²) in [5.41, 5.74) is 1.53. The molecule has 5 nitrogen and oxygen atoms in total. The molecule has 1 fully saturated rings. The third kappa shape index (κ3) is 4.56. The number of sulfonamides is 1. The van der Waals surface area contributed by atoms with Gasteiger partial charge in [0.2, 0.25) is 10.0 Å². The van der Waals surface area contributed by atoms with E-state index in [-0.39, 0.29) is 18.4 Å². The van der Waals surface area contributed by atoms with Crippen LogP contribution in [0.3, 0.4) is 0 Å². The fraction of sp³-hybridized carbons (Fsp3) is 0.571. The molecule has 0 spiro atoms. The van der Waals surface area contributed by atoms with Crippen molar-refractivity contribution in [3.05, 3.63) is 35.4 Å². The number of likely N-dealkylation sites (tertiary alicyclic amines) is 1. The Morgan fingerprint density at radius 3 is 2.30 bits per heavy atom. The SMILES string of the molecule is CN1CCC(NS(=O)(=O)Cc2ccc(CO)cc2)CC1. The smallest absolute Gasteiger partial charge is 0.216 e. The first-order chi connectivity index (χ1) is 9.48. The van der Waals surface area contributed by atoms with Crippen molar-refractivity contribution in [3.63, 3.8) is 0 Å². The van der Waals surface area contributed by atoms with Crippen LogP contribution in [-0.2, 0) is 22.4 Å². The first kappa shape index (κ1) is 15.4. The molecule has 2 rings (SSSR count). The average molecular weight is 298 g/mol. The van der Waals surface area contributed by atoms with Gasteiger partial charge in [0.1, 0.15) is 0 Å². The molecule has 1 heterocycles. The summed E-state index contributed by atoms with van der Waals surface area (Å²) in [6, 6.07) is 7.05. The minimum absolute atomic E-state index is 0.00888. The van der Waals surface area contributed by atoms with Crippen molar-refractivity contribution in [2.75, 3.05) is 20.1 Å². The van der Waals surface area contributed by atoms with Crippen LogP contribution in [0.5, 0.6) is 0 Å². The molecule has 0 bridgehead atoms. The van der Waals surface area contributed by atoms with E-state index < -0.39 is 10.0 Å². The second kappa shape index (κ2) is 6.67. The second-order valence-electron chi connectivity index (χ2n) is 5.43. The predicted octanol–water partition coefficient (Wildman–Crippen LogP) is 0.692. The lowest BCUT2D eigenvalue weighted by molar-refractivity contribution is 0.248. The van der Waals surface area contributed by atoms with Crippen LogP contribution in [0.25, 0.3) is 0 Å². The minimum atomic E-state index is -3.30. The Bertz CT molecular complexity index is 520. The van der Waals surface area contributed by atoms with E-state index >= 15 is 0 Å². The number of nitrogens with zero attached hydrogens (tertiary/aromatic N) is 1. The van der Waals surface area contributed by atoms with Crippen molar-refractivity contribution in [2.45, 2.75) is 31.2 Å². The van der Waals surface area contributed by atoms with Crippen molar-refractivity contribution >= 4 is 10.0 Å². The van der Waals surface area contributed by atoms with E-state index in [0.717, 1.165) is 37.1 Å². The van der Waals surface area contributed by atoms with Crippen LogP contribution >= 0.6 is 0 Å². The average Bonchev–Trinajstić information content (AvgIpc) is 2.41. The molecule has 1 aliphatic heterocycles. The topological polar surface area (TPSA) is 69.6 Å². The molecular weight excluding hydrogens is 276 g/mol. The van der Waals surface area contributed by atoms with Gasteiger partial charge >= 0.3 is 0 Å². The van der Waals surface area contributed by atoms with Crippen LogP contribution < -0.4 is 4.72 Å². The summed E-state index contributed by atoms with van der Waals surface area (Å²) in [4.78, 5) is 2.21. The van der Waals surface area contributed by atoms with E-state index in [4.69, 9.17) is 5.11 Å². The molecule has 0 radical (unpaired) electrons. The van der Waals surface area contributed by atoms with Gasteiger partial charge in [-0.3, -0.25) is 0 Å². The number of hydrogen-bond donors (Lipinski definition) is 2. The Balaban J connectivity index is 1.92. The third-order valence-electron chi connectivity index (χ3n) is 3.63. The lowest BCUT2D eigenvalue weighted by Gasteiger charge is -2.29. The van der Waals surface area contributed by atoms with E-state index in [0.29, 0.717) is 0 Å². The van der Waals surface area contributed by atoms with Crippen LogP contribution in [-0.4, -0.2) is 44.6 Å². The van der Waals surface area contributed by atoms with E-state index in [2.05, 4.69) is 9.62 Å². The minimum Gasteiger partial charge on any atom is -0.392 e. The number of aliphatic hydroxyl groups excluding tert-OH is 1. The lowest BCUT2D eigenvalue weighted by atomic mass is 10.1. The van der Waals surface area contributed by atoms with Gasteiger partial charge in [-0.25, -0.2) is 13.1 Å². The molecule has 2 N–H and O–H groups in total. The first-order valence-corrected chi connectivity index (χ1v) is 8.51. The maximum Gasteiger partial charge on any atom is 0.216 e. The maximum absolute atomic E-state index is 12.1. The normalized spacial score (nSPS) is 18.3. The van der Waals surface area contributed by atoms with Crippen LogP contribution in [0.1, 0.15) is 24.0 Å². The van der Waals surface area contributed by atoms with Gasteiger partial charge in [0.25, 0.3) is 0 Å². The van der Waals surface area contributed by atoms with Gasteiger partial charge in [-0.1, -0.05) is 24.3 Å². The number of aliphatic hydroxyl groups is 1. The second-order valence-corrected chi connectivity index (χ2v) is 7.18. The summed E-state index contributed by atoms with van der Waals surface area (Å²) < 4.78 is 27.0. The number of piperidine rings is 1. The summed E-state index contributed by atoms with van der Waals surface area (Å²) >= 11 is 0. The van der Waals surface area contributed by atoms with Crippen molar-refractivity contribution in [1.29, 1.82) is 0 Å². The molecule has 112 valence electrons. The zero-order valence-corrected chi connectivity index (χ0v) is 12.6. The van der Waals surface area contributed by atoms with Crippen molar-refractivity contribution < 1.29 is 13.5 Å². The Kier molecular flexibility index (Phi) is 5.15. The molecule has 0 aliphatic carbocycles. The van der Waals surface area contributed by atoms with Crippen LogP contribution in [0, 0.1) is 0 Å². The molecule has 20 heavy (non-hydrogen) atoms. The highest BCUT2D eigenvalue weighted by molar-refractivity contribution is 7.88. The molecule has 0 unspecified atom stereocenters. The maximum atomic E-state index is 12.1. The highest BCUT2D eigenvalue weighted by Gasteiger charge is 2.22. The third-order valence-corrected chi connectivity index (χ3v) is 5.03. The zero-order valence-electron chi connectivity index (χ0n) is 11.7. The summed E-state index contributed by atoms with van der Waals surface area (Å²) in [6.45, 7) is 1.83. The quantitative estimate of drug-likeness (QED) is 0.839. The van der Waals surface area contributed by atoms with Gasteiger partial charge in [0, 0.05) is 6.04 Å². The van der Waals surface area contributed by atoms with Gasteiger partial charge in [-0.2, -0.15) is 0 Å². The molecule has 1 aliphatic rings. The molecule has 6 heteroatoms. The van der Waals surface area contributed by atoms with Crippen molar-refractivity contribution in [2.24, 2.45) is 0 Å². The highest BCUT2D eigenvalue weighted by atomic mass is 32.2. The molecule has 0 saturated carbocycles. The van der Waals surface area contributed by atoms with E-state index in [1.54, 1.807) is 24.3 Å². The molecule has 1 aromatic rings. The standard InChI is InChI=1S/C14H22N2O3S/c1-16-8-6-14(7-9-16)15-20(18,19)11-13-4-2-12(10-17)3-5-13/h2-5,14-15,17H,6-11H2,1H3. The van der Waals surface area contributed by atoms with Gasteiger partial charge in [0.15, 0.2) is 0 Å². The summed E-state index contributed by atoms with van der Waals surface area (Å²) in [5.74, 6) is -0.00888. The van der Waals surface area contributed by atoms with Crippen molar-refractivity contribution in [1.82, 2.24) is 9.62 Å². The molecule has 0 atom stereocenters. The molecule has 1 aromatic carbocycles. The highest BCUT2D eigenvalue weighted by Crippen LogP contribution is 2.12. The van der Waals surface area contributed by atoms with E-state index in [9.17, 15) is 8.42 Å². The zero-order chi connectivity index (χ0) is 14.6. The Labute approximate surface area is 120 Å². The van der Waals surface area contributed by atoms with Crippen molar-refractivity contribution in [3.8, 4) is 0 Å². The Hall–Kier alpha value is -0.950. The van der Waals surface area contributed by atoms with Gasteiger partial charge in [0.05, 0.1) is 12.4 Å². The monoisotopic (exact) mass is 298 g/mol.